The number of hydrogen-bond acceptors (Lipinski definition) is 4. The minimum Gasteiger partial charge on any atom is -0.461 e. The van der Waals surface area contributed by atoms with Crippen molar-refractivity contribution in [1.29, 1.82) is 0 Å². The van der Waals surface area contributed by atoms with Crippen LogP contribution in [0.15, 0.2) is 22.6 Å². The lowest BCUT2D eigenvalue weighted by Crippen LogP contribution is -2.57. The van der Waals surface area contributed by atoms with Gasteiger partial charge in [-0.2, -0.15) is 0 Å². The molecular weight excluding hydrogens is 344 g/mol. The van der Waals surface area contributed by atoms with Gasteiger partial charge in [0.1, 0.15) is 16.9 Å². The molecule has 2 saturated carbocycles. The maximum Gasteiger partial charge on any atom is 0.256 e. The summed E-state index contributed by atoms with van der Waals surface area (Å²) in [7, 11) is 0. The lowest BCUT2D eigenvalue weighted by Gasteiger charge is -2.24. The molecule has 2 fully saturated rings. The van der Waals surface area contributed by atoms with E-state index in [1.165, 1.54) is 31.7 Å². The van der Waals surface area contributed by atoms with Crippen LogP contribution >= 0.6 is 0 Å². The Kier molecular flexibility index (Phi) is 4.26. The standard InChI is InChI=1S/C21H26N2O4/c1-11-18(19(25)23-21(2,10-24)20(22)26)16-8-12(3-4-17(16)27-11)5-13-6-14-9-15(14)7-13/h3-4,8,13-15,24H,5-7,9-10H2,1-2H3,(H2,22,26)(H,23,25)/t13?,14?,15?,21-/m0/s1. The number of amides is 2. The lowest BCUT2D eigenvalue weighted by atomic mass is 9.93. The predicted octanol–water partition coefficient (Wildman–Crippen LogP) is 2.30. The van der Waals surface area contributed by atoms with Crippen molar-refractivity contribution >= 4 is 22.8 Å². The number of primary amides is 1. The first-order valence-corrected chi connectivity index (χ1v) is 9.56. The maximum absolute atomic E-state index is 12.8. The molecule has 1 aromatic heterocycles. The maximum atomic E-state index is 12.8. The van der Waals surface area contributed by atoms with Crippen molar-refractivity contribution in [3.8, 4) is 0 Å². The zero-order valence-electron chi connectivity index (χ0n) is 15.7. The fourth-order valence-corrected chi connectivity index (χ4v) is 4.51. The van der Waals surface area contributed by atoms with Crippen molar-refractivity contribution in [3.63, 3.8) is 0 Å². The Morgan fingerprint density at radius 2 is 2.00 bits per heavy atom. The van der Waals surface area contributed by atoms with Crippen molar-refractivity contribution in [3.05, 3.63) is 35.1 Å². The Balaban J connectivity index is 1.61. The van der Waals surface area contributed by atoms with E-state index in [1.807, 2.05) is 12.1 Å². The molecule has 0 spiro atoms. The molecule has 2 unspecified atom stereocenters. The number of furan rings is 1. The fraction of sp³-hybridized carbons (Fsp3) is 0.524. The topological polar surface area (TPSA) is 106 Å². The van der Waals surface area contributed by atoms with Gasteiger partial charge in [-0.3, -0.25) is 9.59 Å². The van der Waals surface area contributed by atoms with Gasteiger partial charge in [-0.25, -0.2) is 0 Å². The molecular formula is C21H26N2O4. The van der Waals surface area contributed by atoms with Crippen LogP contribution in [0.3, 0.4) is 0 Å². The second kappa shape index (κ2) is 6.37. The number of hydrogen-bond donors (Lipinski definition) is 3. The molecule has 6 nitrogen and oxygen atoms in total. The molecule has 2 aliphatic rings. The van der Waals surface area contributed by atoms with E-state index < -0.39 is 24.0 Å². The molecule has 0 saturated heterocycles. The minimum atomic E-state index is -1.52. The van der Waals surface area contributed by atoms with Crippen molar-refractivity contribution in [2.75, 3.05) is 6.61 Å². The van der Waals surface area contributed by atoms with E-state index in [0.717, 1.165) is 29.6 Å². The first kappa shape index (κ1) is 18.0. The summed E-state index contributed by atoms with van der Waals surface area (Å²) >= 11 is 0. The van der Waals surface area contributed by atoms with E-state index in [2.05, 4.69) is 11.4 Å². The normalized spacial score (nSPS) is 25.8. The van der Waals surface area contributed by atoms with Gasteiger partial charge in [0.05, 0.1) is 12.2 Å². The van der Waals surface area contributed by atoms with E-state index in [-0.39, 0.29) is 0 Å². The summed E-state index contributed by atoms with van der Waals surface area (Å²) in [5.74, 6) is 1.84. The third-order valence-electron chi connectivity index (χ3n) is 6.27. The number of fused-ring (bicyclic) bond motifs is 2. The van der Waals surface area contributed by atoms with E-state index in [4.69, 9.17) is 10.2 Å². The largest absolute Gasteiger partial charge is 0.461 e. The number of aliphatic hydroxyl groups excluding tert-OH is 1. The molecule has 27 heavy (non-hydrogen) atoms. The van der Waals surface area contributed by atoms with Gasteiger partial charge in [-0.15, -0.1) is 0 Å². The number of nitrogens with one attached hydrogen (secondary N) is 1. The molecule has 3 atom stereocenters. The molecule has 2 aliphatic carbocycles. The predicted molar refractivity (Wildman–Crippen MR) is 101 cm³/mol. The molecule has 0 bridgehead atoms. The number of rotatable bonds is 6. The SMILES string of the molecule is Cc1oc2ccc(CC3CC4CC4C3)cc2c1C(=O)N[C@@](C)(CO)C(N)=O. The van der Waals surface area contributed by atoms with Crippen LogP contribution in [0.5, 0.6) is 0 Å². The van der Waals surface area contributed by atoms with Gasteiger partial charge in [0.25, 0.3) is 5.91 Å². The second-order valence-corrected chi connectivity index (χ2v) is 8.47. The van der Waals surface area contributed by atoms with Crippen LogP contribution in [0.2, 0.25) is 0 Å². The molecule has 144 valence electrons. The molecule has 0 aliphatic heterocycles. The first-order valence-electron chi connectivity index (χ1n) is 9.56. The molecule has 0 radical (unpaired) electrons. The number of carbonyl (C=O) groups is 2. The number of benzene rings is 1. The zero-order chi connectivity index (χ0) is 19.3. The average Bonchev–Trinajstić information content (AvgIpc) is 3.08. The van der Waals surface area contributed by atoms with Crippen LogP contribution in [-0.4, -0.2) is 29.1 Å². The summed E-state index contributed by atoms with van der Waals surface area (Å²) in [6.07, 6.45) is 5.05. The van der Waals surface area contributed by atoms with Crippen LogP contribution in [0, 0.1) is 24.7 Å². The Morgan fingerprint density at radius 1 is 1.30 bits per heavy atom. The molecule has 4 rings (SSSR count). The third-order valence-corrected chi connectivity index (χ3v) is 6.27. The molecule has 1 aromatic carbocycles. The second-order valence-electron chi connectivity index (χ2n) is 8.47. The minimum absolute atomic E-state index is 0.391. The Labute approximate surface area is 158 Å². The van der Waals surface area contributed by atoms with Crippen LogP contribution in [-0.2, 0) is 11.2 Å². The van der Waals surface area contributed by atoms with E-state index in [1.54, 1.807) is 6.92 Å². The average molecular weight is 370 g/mol. The molecule has 1 heterocycles. The number of carbonyl (C=O) groups excluding carboxylic acids is 2. The summed E-state index contributed by atoms with van der Waals surface area (Å²) in [6, 6.07) is 5.99. The highest BCUT2D eigenvalue weighted by atomic mass is 16.3. The van der Waals surface area contributed by atoms with Crippen molar-refractivity contribution in [2.24, 2.45) is 23.5 Å². The number of aryl methyl sites for hydroxylation is 1. The summed E-state index contributed by atoms with van der Waals surface area (Å²) in [4.78, 5) is 24.4. The summed E-state index contributed by atoms with van der Waals surface area (Å²) in [5, 5.41) is 12.8. The van der Waals surface area contributed by atoms with Crippen molar-refractivity contribution in [1.82, 2.24) is 5.32 Å². The third kappa shape index (κ3) is 3.23. The van der Waals surface area contributed by atoms with E-state index in [0.29, 0.717) is 16.9 Å². The van der Waals surface area contributed by atoms with E-state index in [9.17, 15) is 14.7 Å². The van der Waals surface area contributed by atoms with Crippen LogP contribution < -0.4 is 11.1 Å². The lowest BCUT2D eigenvalue weighted by molar-refractivity contribution is -0.124. The molecule has 2 aromatic rings. The Bertz CT molecular complexity index is 908. The summed E-state index contributed by atoms with van der Waals surface area (Å²) in [6.45, 7) is 2.56. The number of aliphatic hydroxyl groups is 1. The summed E-state index contributed by atoms with van der Waals surface area (Å²) < 4.78 is 5.74. The van der Waals surface area contributed by atoms with Gasteiger partial charge < -0.3 is 20.6 Å². The fourth-order valence-electron chi connectivity index (χ4n) is 4.51. The van der Waals surface area contributed by atoms with Gasteiger partial charge in [0.2, 0.25) is 5.91 Å². The molecule has 2 amide bonds. The molecule has 4 N–H and O–H groups in total. The van der Waals surface area contributed by atoms with E-state index >= 15 is 0 Å². The Hall–Kier alpha value is -2.34. The van der Waals surface area contributed by atoms with Crippen molar-refractivity contribution < 1.29 is 19.1 Å². The van der Waals surface area contributed by atoms with Gasteiger partial charge in [0.15, 0.2) is 0 Å². The van der Waals surface area contributed by atoms with Crippen LogP contribution in [0.25, 0.3) is 11.0 Å². The van der Waals surface area contributed by atoms with Gasteiger partial charge in [-0.1, -0.05) is 6.07 Å². The highest BCUT2D eigenvalue weighted by molar-refractivity contribution is 6.09. The molecule has 6 heteroatoms. The highest BCUT2D eigenvalue weighted by Crippen LogP contribution is 2.55. The smallest absolute Gasteiger partial charge is 0.256 e. The van der Waals surface area contributed by atoms with Crippen LogP contribution in [0.1, 0.15) is 47.9 Å². The number of nitrogens with two attached hydrogens (primary N) is 1. The van der Waals surface area contributed by atoms with Gasteiger partial charge in [-0.05, 0) is 75.0 Å². The Morgan fingerprint density at radius 3 is 2.63 bits per heavy atom. The van der Waals surface area contributed by atoms with Gasteiger partial charge >= 0.3 is 0 Å². The summed E-state index contributed by atoms with van der Waals surface area (Å²) in [5.41, 5.74) is 6.04. The quantitative estimate of drug-likeness (QED) is 0.725. The monoisotopic (exact) mass is 370 g/mol. The highest BCUT2D eigenvalue weighted by Gasteiger charge is 2.45. The zero-order valence-corrected chi connectivity index (χ0v) is 15.7. The first-order chi connectivity index (χ1) is 12.8. The van der Waals surface area contributed by atoms with Gasteiger partial charge in [0, 0.05) is 5.39 Å². The van der Waals surface area contributed by atoms with Crippen LogP contribution in [0.4, 0.5) is 0 Å². The van der Waals surface area contributed by atoms with Crippen molar-refractivity contribution in [2.45, 2.75) is 45.1 Å².